The fourth-order valence-corrected chi connectivity index (χ4v) is 3.58. The van der Waals surface area contributed by atoms with E-state index in [1.165, 1.54) is 19.0 Å². The second-order valence-electron chi connectivity index (χ2n) is 6.11. The van der Waals surface area contributed by atoms with Crippen LogP contribution in [-0.4, -0.2) is 50.9 Å². The largest absolute Gasteiger partial charge is 0.478 e. The smallest absolute Gasteiger partial charge is 0.339 e. The highest BCUT2D eigenvalue weighted by atomic mass is 16.4. The van der Waals surface area contributed by atoms with Crippen molar-refractivity contribution in [1.82, 2.24) is 20.0 Å². The minimum Gasteiger partial charge on any atom is -0.478 e. The predicted octanol–water partition coefficient (Wildman–Crippen LogP) is 0.833. The number of aromatic nitrogens is 2. The molecule has 2 bridgehead atoms. The molecule has 6 nitrogen and oxygen atoms in total. The summed E-state index contributed by atoms with van der Waals surface area (Å²) in [5.74, 6) is -0.896. The van der Waals surface area contributed by atoms with Crippen molar-refractivity contribution >= 4 is 5.97 Å². The minimum absolute atomic E-state index is 0.316. The van der Waals surface area contributed by atoms with Gasteiger partial charge in [-0.1, -0.05) is 0 Å². The third-order valence-electron chi connectivity index (χ3n) is 4.76. The van der Waals surface area contributed by atoms with Gasteiger partial charge in [0.15, 0.2) is 0 Å². The lowest BCUT2D eigenvalue weighted by Crippen LogP contribution is -2.46. The SMILES string of the molecule is CN(Cc1c(C(=O)O)cnn1C)C1CC2CCC(C1)N2. The Morgan fingerprint density at radius 2 is 2.15 bits per heavy atom. The molecule has 20 heavy (non-hydrogen) atoms. The zero-order valence-corrected chi connectivity index (χ0v) is 12.0. The molecular formula is C14H22N4O2. The van der Waals surface area contributed by atoms with Crippen LogP contribution < -0.4 is 5.32 Å². The third kappa shape index (κ3) is 2.45. The van der Waals surface area contributed by atoms with Gasteiger partial charge in [-0.2, -0.15) is 5.10 Å². The zero-order valence-electron chi connectivity index (χ0n) is 12.0. The molecule has 2 saturated heterocycles. The first-order chi connectivity index (χ1) is 9.54. The van der Waals surface area contributed by atoms with Gasteiger partial charge >= 0.3 is 5.97 Å². The first-order valence-corrected chi connectivity index (χ1v) is 7.25. The normalized spacial score (nSPS) is 29.1. The monoisotopic (exact) mass is 278 g/mol. The Bertz CT molecular complexity index is 501. The summed E-state index contributed by atoms with van der Waals surface area (Å²) in [4.78, 5) is 13.5. The van der Waals surface area contributed by atoms with Crippen LogP contribution >= 0.6 is 0 Å². The fraction of sp³-hybridized carbons (Fsp3) is 0.714. The highest BCUT2D eigenvalue weighted by molar-refractivity contribution is 5.88. The molecular weight excluding hydrogens is 256 g/mol. The van der Waals surface area contributed by atoms with Gasteiger partial charge in [0.1, 0.15) is 5.56 Å². The number of nitrogens with zero attached hydrogens (tertiary/aromatic N) is 3. The maximum Gasteiger partial charge on any atom is 0.339 e. The highest BCUT2D eigenvalue weighted by Gasteiger charge is 2.35. The van der Waals surface area contributed by atoms with Crippen LogP contribution in [0.4, 0.5) is 0 Å². The fourth-order valence-electron chi connectivity index (χ4n) is 3.58. The Labute approximate surface area is 118 Å². The van der Waals surface area contributed by atoms with Crippen LogP contribution in [0.1, 0.15) is 41.7 Å². The molecule has 1 aromatic heterocycles. The predicted molar refractivity (Wildman–Crippen MR) is 74.6 cm³/mol. The summed E-state index contributed by atoms with van der Waals surface area (Å²) in [7, 11) is 3.90. The van der Waals surface area contributed by atoms with Crippen molar-refractivity contribution in [2.75, 3.05) is 7.05 Å². The van der Waals surface area contributed by atoms with E-state index < -0.39 is 5.97 Å². The Kier molecular flexibility index (Phi) is 3.52. The molecule has 2 fully saturated rings. The molecule has 1 aromatic rings. The number of carboxylic acid groups (broad SMARTS) is 1. The number of fused-ring (bicyclic) bond motifs is 2. The number of carbonyl (C=O) groups is 1. The second kappa shape index (κ2) is 5.18. The molecule has 3 heterocycles. The molecule has 110 valence electrons. The first kappa shape index (κ1) is 13.6. The molecule has 0 saturated carbocycles. The highest BCUT2D eigenvalue weighted by Crippen LogP contribution is 2.30. The van der Waals surface area contributed by atoms with E-state index in [1.807, 2.05) is 7.05 Å². The van der Waals surface area contributed by atoms with E-state index in [4.69, 9.17) is 0 Å². The van der Waals surface area contributed by atoms with Crippen molar-refractivity contribution in [3.05, 3.63) is 17.5 Å². The van der Waals surface area contributed by atoms with Gasteiger partial charge in [0.25, 0.3) is 0 Å². The van der Waals surface area contributed by atoms with Crippen molar-refractivity contribution in [3.8, 4) is 0 Å². The minimum atomic E-state index is -0.896. The van der Waals surface area contributed by atoms with Gasteiger partial charge in [0, 0.05) is 31.7 Å². The quantitative estimate of drug-likeness (QED) is 0.854. The number of piperidine rings is 1. The van der Waals surface area contributed by atoms with Crippen LogP contribution in [0.15, 0.2) is 6.20 Å². The Morgan fingerprint density at radius 1 is 1.50 bits per heavy atom. The summed E-state index contributed by atoms with van der Waals surface area (Å²) in [5.41, 5.74) is 1.10. The first-order valence-electron chi connectivity index (χ1n) is 7.25. The third-order valence-corrected chi connectivity index (χ3v) is 4.76. The molecule has 0 aromatic carbocycles. The Balaban J connectivity index is 1.71. The molecule has 0 amide bonds. The van der Waals surface area contributed by atoms with Gasteiger partial charge in [-0.15, -0.1) is 0 Å². The number of aryl methyl sites for hydroxylation is 1. The molecule has 6 heteroatoms. The topological polar surface area (TPSA) is 70.4 Å². The zero-order chi connectivity index (χ0) is 14.3. The van der Waals surface area contributed by atoms with Crippen molar-refractivity contribution < 1.29 is 9.90 Å². The lowest BCUT2D eigenvalue weighted by Gasteiger charge is -2.35. The van der Waals surface area contributed by atoms with Crippen LogP contribution in [0, 0.1) is 0 Å². The maximum absolute atomic E-state index is 11.2. The van der Waals surface area contributed by atoms with E-state index in [2.05, 4.69) is 22.4 Å². The van der Waals surface area contributed by atoms with Crippen molar-refractivity contribution in [2.45, 2.75) is 50.4 Å². The molecule has 2 atom stereocenters. The number of hydrogen-bond acceptors (Lipinski definition) is 4. The molecule has 3 rings (SSSR count). The maximum atomic E-state index is 11.2. The summed E-state index contributed by atoms with van der Waals surface area (Å²) in [6, 6.07) is 1.82. The number of carboxylic acids is 1. The van der Waals surface area contributed by atoms with Gasteiger partial charge in [0.05, 0.1) is 11.9 Å². The molecule has 0 radical (unpaired) electrons. The molecule has 2 unspecified atom stereocenters. The van der Waals surface area contributed by atoms with E-state index in [9.17, 15) is 9.90 Å². The van der Waals surface area contributed by atoms with E-state index in [1.54, 1.807) is 4.68 Å². The van der Waals surface area contributed by atoms with Gasteiger partial charge in [0.2, 0.25) is 0 Å². The summed E-state index contributed by atoms with van der Waals surface area (Å²) in [5, 5.41) is 16.9. The van der Waals surface area contributed by atoms with Gasteiger partial charge < -0.3 is 10.4 Å². The van der Waals surface area contributed by atoms with Crippen molar-refractivity contribution in [2.24, 2.45) is 7.05 Å². The molecule has 2 aliphatic heterocycles. The summed E-state index contributed by atoms with van der Waals surface area (Å²) >= 11 is 0. The van der Waals surface area contributed by atoms with Crippen LogP contribution in [0.25, 0.3) is 0 Å². The second-order valence-corrected chi connectivity index (χ2v) is 6.11. The summed E-state index contributed by atoms with van der Waals surface area (Å²) < 4.78 is 1.68. The molecule has 0 spiro atoms. The standard InChI is InChI=1S/C14H22N4O2/c1-17(11-5-9-3-4-10(6-11)16-9)8-13-12(14(19)20)7-15-18(13)2/h7,9-11,16H,3-6,8H2,1-2H3,(H,19,20). The van der Waals surface area contributed by atoms with E-state index in [-0.39, 0.29) is 0 Å². The van der Waals surface area contributed by atoms with Crippen molar-refractivity contribution in [1.29, 1.82) is 0 Å². The van der Waals surface area contributed by atoms with Crippen LogP contribution in [0.5, 0.6) is 0 Å². The van der Waals surface area contributed by atoms with Gasteiger partial charge in [-0.25, -0.2) is 4.79 Å². The van der Waals surface area contributed by atoms with Crippen LogP contribution in [-0.2, 0) is 13.6 Å². The van der Waals surface area contributed by atoms with Gasteiger partial charge in [-0.3, -0.25) is 9.58 Å². The average molecular weight is 278 g/mol. The van der Waals surface area contributed by atoms with Crippen molar-refractivity contribution in [3.63, 3.8) is 0 Å². The van der Waals surface area contributed by atoms with E-state index in [0.717, 1.165) is 18.5 Å². The number of rotatable bonds is 4. The Morgan fingerprint density at radius 3 is 2.75 bits per heavy atom. The number of hydrogen-bond donors (Lipinski definition) is 2. The summed E-state index contributed by atoms with van der Waals surface area (Å²) in [6.45, 7) is 0.641. The molecule has 2 N–H and O–H groups in total. The number of nitrogens with one attached hydrogen (secondary N) is 1. The van der Waals surface area contributed by atoms with Gasteiger partial charge in [-0.05, 0) is 32.7 Å². The molecule has 2 aliphatic rings. The number of aromatic carboxylic acids is 1. The van der Waals surface area contributed by atoms with Crippen LogP contribution in [0.3, 0.4) is 0 Å². The lowest BCUT2D eigenvalue weighted by atomic mass is 9.98. The van der Waals surface area contributed by atoms with Crippen LogP contribution in [0.2, 0.25) is 0 Å². The summed E-state index contributed by atoms with van der Waals surface area (Å²) in [6.07, 6.45) is 6.32. The van der Waals surface area contributed by atoms with E-state index >= 15 is 0 Å². The lowest BCUT2D eigenvalue weighted by molar-refractivity contribution is 0.0693. The molecule has 0 aliphatic carbocycles. The average Bonchev–Trinajstić information content (AvgIpc) is 2.93. The van der Waals surface area contributed by atoms with E-state index in [0.29, 0.717) is 30.2 Å². The Hall–Kier alpha value is -1.40.